The summed E-state index contributed by atoms with van der Waals surface area (Å²) in [4.78, 5) is 28.5. The highest BCUT2D eigenvalue weighted by Crippen LogP contribution is 2.27. The molecule has 0 atom stereocenters. The average Bonchev–Trinajstić information content (AvgIpc) is 3.02. The van der Waals surface area contributed by atoms with Gasteiger partial charge >= 0.3 is 0 Å². The van der Waals surface area contributed by atoms with Crippen molar-refractivity contribution in [3.8, 4) is 5.75 Å². The van der Waals surface area contributed by atoms with Gasteiger partial charge in [0.25, 0.3) is 11.8 Å². The molecule has 0 bridgehead atoms. The fourth-order valence-electron chi connectivity index (χ4n) is 5.13. The summed E-state index contributed by atoms with van der Waals surface area (Å²) in [5.74, 6) is -0.190. The van der Waals surface area contributed by atoms with Gasteiger partial charge in [0.2, 0.25) is 5.69 Å². The van der Waals surface area contributed by atoms with E-state index in [1.807, 2.05) is 42.0 Å². The number of carbonyl (C=O) groups is 2. The molecule has 3 aromatic rings. The number of rotatable bonds is 19. The van der Waals surface area contributed by atoms with Crippen LogP contribution in [0.15, 0.2) is 72.9 Å². The predicted octanol–water partition coefficient (Wildman–Crippen LogP) is 9.21. The Morgan fingerprint density at radius 3 is 1.93 bits per heavy atom. The zero-order valence-corrected chi connectivity index (χ0v) is 26.3. The fourth-order valence-corrected chi connectivity index (χ4v) is 5.37. The molecule has 0 saturated carbocycles. The van der Waals surface area contributed by atoms with E-state index in [-0.39, 0.29) is 12.5 Å². The minimum Gasteiger partial charge on any atom is -0.492 e. The van der Waals surface area contributed by atoms with Crippen LogP contribution in [-0.2, 0) is 13.1 Å². The summed E-state index contributed by atoms with van der Waals surface area (Å²) in [6.07, 6.45) is 17.5. The zero-order valence-electron chi connectivity index (χ0n) is 25.5. The Morgan fingerprint density at radius 2 is 1.31 bits per heavy atom. The van der Waals surface area contributed by atoms with Gasteiger partial charge < -0.3 is 4.74 Å². The highest BCUT2D eigenvalue weighted by Gasteiger charge is 2.27. The van der Waals surface area contributed by atoms with Crippen LogP contribution in [0.4, 0.5) is 0 Å². The van der Waals surface area contributed by atoms with Crippen molar-refractivity contribution >= 4 is 23.4 Å². The van der Waals surface area contributed by atoms with Gasteiger partial charge in [0, 0.05) is 23.3 Å². The molecule has 2 amide bonds. The van der Waals surface area contributed by atoms with Crippen molar-refractivity contribution < 1.29 is 18.9 Å². The molecule has 3 rings (SSSR count). The normalized spacial score (nSPS) is 10.9. The number of carbonyl (C=O) groups excluding carboxylic acids is 2. The van der Waals surface area contributed by atoms with Crippen LogP contribution in [0, 0.1) is 0 Å². The lowest BCUT2D eigenvalue weighted by Gasteiger charge is -2.21. The summed E-state index contributed by atoms with van der Waals surface area (Å²) in [5, 5.41) is 0.371. The predicted molar refractivity (Wildman–Crippen MR) is 171 cm³/mol. The molecular weight excluding hydrogens is 544 g/mol. The molecule has 0 radical (unpaired) electrons. The van der Waals surface area contributed by atoms with E-state index in [0.717, 1.165) is 25.1 Å². The van der Waals surface area contributed by atoms with E-state index in [1.54, 1.807) is 42.5 Å². The first-order valence-corrected chi connectivity index (χ1v) is 16.2. The summed E-state index contributed by atoms with van der Waals surface area (Å²) in [7, 11) is 0. The molecule has 5 nitrogen and oxygen atoms in total. The second-order valence-electron chi connectivity index (χ2n) is 10.9. The number of imide groups is 1. The van der Waals surface area contributed by atoms with Crippen LogP contribution in [0.25, 0.3) is 0 Å². The van der Waals surface area contributed by atoms with Crippen LogP contribution in [0.3, 0.4) is 0 Å². The van der Waals surface area contributed by atoms with Crippen molar-refractivity contribution in [1.29, 1.82) is 0 Å². The molecule has 0 saturated heterocycles. The number of aryl methyl sites for hydroxylation is 1. The molecule has 2 aromatic carbocycles. The molecule has 0 N–H and O–H groups in total. The van der Waals surface area contributed by atoms with Crippen molar-refractivity contribution in [3.05, 3.63) is 94.8 Å². The Hall–Kier alpha value is -3.18. The maximum Gasteiger partial charge on any atom is 0.261 e. The number of benzene rings is 2. The van der Waals surface area contributed by atoms with Gasteiger partial charge in [-0.05, 0) is 43.7 Å². The largest absolute Gasteiger partial charge is 0.492 e. The van der Waals surface area contributed by atoms with Gasteiger partial charge in [-0.2, -0.15) is 0 Å². The summed E-state index contributed by atoms with van der Waals surface area (Å²) in [5.41, 5.74) is 1.67. The lowest BCUT2D eigenvalue weighted by molar-refractivity contribution is -0.701. The van der Waals surface area contributed by atoms with Crippen molar-refractivity contribution in [1.82, 2.24) is 4.90 Å². The Balaban J connectivity index is 1.52. The third kappa shape index (κ3) is 10.9. The number of amides is 2. The second kappa shape index (κ2) is 19.1. The molecule has 0 aliphatic carbocycles. The van der Waals surface area contributed by atoms with Crippen molar-refractivity contribution in [2.75, 3.05) is 6.61 Å². The minimum absolute atomic E-state index is 0.149. The molecule has 226 valence electrons. The molecule has 0 spiro atoms. The SMILES string of the molecule is CCCCCCCCCCCCCCOc1ccc(C(=O)N(Cc2cccc[n+]2CC)C(=O)c2ccccc2)cc1Cl. The van der Waals surface area contributed by atoms with Crippen LogP contribution >= 0.6 is 11.6 Å². The van der Waals surface area contributed by atoms with Gasteiger partial charge in [-0.25, -0.2) is 4.57 Å². The molecule has 1 heterocycles. The number of hydrogen-bond donors (Lipinski definition) is 0. The van der Waals surface area contributed by atoms with E-state index in [0.29, 0.717) is 28.5 Å². The smallest absolute Gasteiger partial charge is 0.261 e. The van der Waals surface area contributed by atoms with Gasteiger partial charge in [-0.15, -0.1) is 0 Å². The Morgan fingerprint density at radius 1 is 0.714 bits per heavy atom. The molecule has 6 heteroatoms. The van der Waals surface area contributed by atoms with E-state index in [1.165, 1.54) is 69.1 Å². The monoisotopic (exact) mass is 591 g/mol. The second-order valence-corrected chi connectivity index (χ2v) is 11.3. The molecule has 1 aromatic heterocycles. The number of halogens is 1. The Bertz CT molecular complexity index is 1230. The standard InChI is InChI=1S/C36H48ClN2O3/c1-3-5-6-7-8-9-10-11-12-13-14-20-27-42-34-25-24-31(28-33(34)37)36(41)39(35(40)30-21-16-15-17-22-30)29-32-23-18-19-26-38(32)4-2/h15-19,21-26,28H,3-14,20,27,29H2,1-2H3/q+1. The van der Waals surface area contributed by atoms with Gasteiger partial charge in [0.15, 0.2) is 6.20 Å². The van der Waals surface area contributed by atoms with Crippen LogP contribution in [-0.4, -0.2) is 23.3 Å². The maximum absolute atomic E-state index is 13.7. The van der Waals surface area contributed by atoms with E-state index >= 15 is 0 Å². The number of aromatic nitrogens is 1. The summed E-state index contributed by atoms with van der Waals surface area (Å²) < 4.78 is 7.97. The number of hydrogen-bond acceptors (Lipinski definition) is 3. The topological polar surface area (TPSA) is 50.5 Å². The van der Waals surface area contributed by atoms with Crippen molar-refractivity contribution in [2.45, 2.75) is 104 Å². The highest BCUT2D eigenvalue weighted by molar-refractivity contribution is 6.32. The summed E-state index contributed by atoms with van der Waals surface area (Å²) >= 11 is 6.55. The maximum atomic E-state index is 13.7. The van der Waals surface area contributed by atoms with E-state index in [4.69, 9.17) is 16.3 Å². The highest BCUT2D eigenvalue weighted by atomic mass is 35.5. The fraction of sp³-hybridized carbons (Fsp3) is 0.472. The average molecular weight is 592 g/mol. The first-order chi connectivity index (χ1) is 20.5. The van der Waals surface area contributed by atoms with Crippen LogP contribution < -0.4 is 9.30 Å². The molecule has 0 aliphatic heterocycles. The van der Waals surface area contributed by atoms with Crippen LogP contribution in [0.2, 0.25) is 5.02 Å². The Labute approximate surface area is 257 Å². The minimum atomic E-state index is -0.398. The first-order valence-electron chi connectivity index (χ1n) is 15.9. The van der Waals surface area contributed by atoms with Crippen molar-refractivity contribution in [2.24, 2.45) is 0 Å². The number of nitrogens with zero attached hydrogens (tertiary/aromatic N) is 2. The van der Waals surface area contributed by atoms with E-state index in [9.17, 15) is 9.59 Å². The van der Waals surface area contributed by atoms with Crippen LogP contribution in [0.1, 0.15) is 117 Å². The number of pyridine rings is 1. The lowest BCUT2D eigenvalue weighted by Crippen LogP contribution is -2.43. The van der Waals surface area contributed by atoms with E-state index in [2.05, 4.69) is 6.92 Å². The number of unbranched alkanes of at least 4 members (excludes halogenated alkanes) is 11. The molecule has 0 aliphatic rings. The Kier molecular flexibility index (Phi) is 15.1. The van der Waals surface area contributed by atoms with Crippen molar-refractivity contribution in [3.63, 3.8) is 0 Å². The van der Waals surface area contributed by atoms with Gasteiger partial charge in [0.1, 0.15) is 18.8 Å². The molecule has 0 fully saturated rings. The van der Waals surface area contributed by atoms with Gasteiger partial charge in [-0.1, -0.05) is 113 Å². The summed E-state index contributed by atoms with van der Waals surface area (Å²) in [6, 6.07) is 19.7. The number of ether oxygens (including phenoxy) is 1. The molecular formula is C36H48ClN2O3+. The summed E-state index contributed by atoms with van der Waals surface area (Å²) in [6.45, 7) is 5.77. The molecule has 42 heavy (non-hydrogen) atoms. The van der Waals surface area contributed by atoms with Gasteiger partial charge in [-0.3, -0.25) is 14.5 Å². The van der Waals surface area contributed by atoms with E-state index < -0.39 is 5.91 Å². The third-order valence-electron chi connectivity index (χ3n) is 7.64. The zero-order chi connectivity index (χ0) is 30.0. The third-order valence-corrected chi connectivity index (χ3v) is 7.94. The lowest BCUT2D eigenvalue weighted by atomic mass is 10.1. The van der Waals surface area contributed by atoms with Crippen LogP contribution in [0.5, 0.6) is 5.75 Å². The first kappa shape index (κ1) is 33.3. The van der Waals surface area contributed by atoms with Gasteiger partial charge in [0.05, 0.1) is 11.6 Å². The molecule has 0 unspecified atom stereocenters. The quantitative estimate of drug-likeness (QED) is 0.0793.